The molecule has 2 heterocycles. The second kappa shape index (κ2) is 6.47. The number of carbonyl (C=O) groups excluding carboxylic acids is 1. The lowest BCUT2D eigenvalue weighted by Crippen LogP contribution is -2.46. The third kappa shape index (κ3) is 3.05. The zero-order chi connectivity index (χ0) is 15.5. The molecule has 0 aromatic carbocycles. The molecule has 21 heavy (non-hydrogen) atoms. The second-order valence-electron chi connectivity index (χ2n) is 5.29. The molecule has 1 aromatic heterocycles. The molecule has 0 aliphatic carbocycles. The van der Waals surface area contributed by atoms with Crippen molar-refractivity contribution in [1.82, 2.24) is 9.88 Å². The Bertz CT molecular complexity index is 539. The van der Waals surface area contributed by atoms with Gasteiger partial charge in [-0.2, -0.15) is 0 Å². The number of aromatic nitrogens is 1. The Morgan fingerprint density at radius 3 is 2.62 bits per heavy atom. The van der Waals surface area contributed by atoms with Gasteiger partial charge in [-0.3, -0.25) is 9.59 Å². The first-order valence-corrected chi connectivity index (χ1v) is 8.28. The van der Waals surface area contributed by atoms with Gasteiger partial charge in [-0.05, 0) is 37.7 Å². The van der Waals surface area contributed by atoms with Crippen LogP contribution in [0.5, 0.6) is 0 Å². The standard InChI is InChI=1S/C15H20N2O3S/c1-3-15(14(19)20)6-9-17(10-7-15)13(18)11-5-4-8-16-12(11)21-2/h4-5,8H,3,6-7,9-10H2,1-2H3,(H,19,20). The summed E-state index contributed by atoms with van der Waals surface area (Å²) in [4.78, 5) is 30.0. The number of rotatable bonds is 4. The maximum Gasteiger partial charge on any atom is 0.309 e. The summed E-state index contributed by atoms with van der Waals surface area (Å²) >= 11 is 1.44. The van der Waals surface area contributed by atoms with E-state index in [1.165, 1.54) is 11.8 Å². The molecule has 0 unspecified atom stereocenters. The molecule has 1 N–H and O–H groups in total. The number of carboxylic acids is 1. The molecule has 0 saturated carbocycles. The molecule has 1 fully saturated rings. The van der Waals surface area contributed by atoms with Crippen molar-refractivity contribution in [2.45, 2.75) is 31.2 Å². The quantitative estimate of drug-likeness (QED) is 0.866. The Kier molecular flexibility index (Phi) is 4.88. The van der Waals surface area contributed by atoms with E-state index in [0.29, 0.717) is 42.9 Å². The minimum Gasteiger partial charge on any atom is -0.481 e. The zero-order valence-corrected chi connectivity index (χ0v) is 13.2. The molecular formula is C15H20N2O3S. The van der Waals surface area contributed by atoms with E-state index in [-0.39, 0.29) is 5.91 Å². The summed E-state index contributed by atoms with van der Waals surface area (Å²) in [5.41, 5.74) is -0.0713. The van der Waals surface area contributed by atoms with Gasteiger partial charge in [0, 0.05) is 19.3 Å². The number of carbonyl (C=O) groups is 2. The van der Waals surface area contributed by atoms with Crippen LogP contribution in [-0.4, -0.2) is 46.2 Å². The van der Waals surface area contributed by atoms with Gasteiger partial charge in [-0.25, -0.2) is 4.98 Å². The molecule has 1 aliphatic rings. The summed E-state index contributed by atoms with van der Waals surface area (Å²) in [5.74, 6) is -0.800. The van der Waals surface area contributed by atoms with Gasteiger partial charge in [0.15, 0.2) is 0 Å². The van der Waals surface area contributed by atoms with Gasteiger partial charge < -0.3 is 10.0 Å². The fraction of sp³-hybridized carbons (Fsp3) is 0.533. The van der Waals surface area contributed by atoms with Crippen LogP contribution in [0.2, 0.25) is 0 Å². The van der Waals surface area contributed by atoms with Crippen LogP contribution >= 0.6 is 11.8 Å². The van der Waals surface area contributed by atoms with Crippen molar-refractivity contribution in [3.05, 3.63) is 23.9 Å². The van der Waals surface area contributed by atoms with Crippen LogP contribution in [0.25, 0.3) is 0 Å². The van der Waals surface area contributed by atoms with E-state index in [2.05, 4.69) is 4.98 Å². The van der Waals surface area contributed by atoms with Gasteiger partial charge in [-0.1, -0.05) is 6.92 Å². The molecule has 1 saturated heterocycles. The van der Waals surface area contributed by atoms with E-state index >= 15 is 0 Å². The minimum atomic E-state index is -0.747. The van der Waals surface area contributed by atoms with Crippen LogP contribution < -0.4 is 0 Å². The number of hydrogen-bond acceptors (Lipinski definition) is 4. The SMILES string of the molecule is CCC1(C(=O)O)CCN(C(=O)c2cccnc2SC)CC1. The second-order valence-corrected chi connectivity index (χ2v) is 6.09. The number of thioether (sulfide) groups is 1. The largest absolute Gasteiger partial charge is 0.481 e. The van der Waals surface area contributed by atoms with Crippen molar-refractivity contribution >= 4 is 23.6 Å². The van der Waals surface area contributed by atoms with E-state index in [1.54, 1.807) is 23.2 Å². The molecule has 1 amide bonds. The molecule has 114 valence electrons. The van der Waals surface area contributed by atoms with Crippen LogP contribution in [0, 0.1) is 5.41 Å². The number of piperidine rings is 1. The molecule has 2 rings (SSSR count). The van der Waals surface area contributed by atoms with Gasteiger partial charge in [0.2, 0.25) is 0 Å². The highest BCUT2D eigenvalue weighted by molar-refractivity contribution is 7.98. The number of carboxylic acid groups (broad SMARTS) is 1. The maximum absolute atomic E-state index is 12.6. The Morgan fingerprint density at radius 2 is 2.10 bits per heavy atom. The summed E-state index contributed by atoms with van der Waals surface area (Å²) in [6, 6.07) is 3.53. The van der Waals surface area contributed by atoms with Crippen molar-refractivity contribution in [3.8, 4) is 0 Å². The smallest absolute Gasteiger partial charge is 0.309 e. The average molecular weight is 308 g/mol. The predicted octanol–water partition coefficient (Wildman–Crippen LogP) is 2.52. The fourth-order valence-electron chi connectivity index (χ4n) is 2.74. The molecular weight excluding hydrogens is 288 g/mol. The van der Waals surface area contributed by atoms with Crippen molar-refractivity contribution in [2.24, 2.45) is 5.41 Å². The van der Waals surface area contributed by atoms with Gasteiger partial charge in [0.1, 0.15) is 5.03 Å². The van der Waals surface area contributed by atoms with Crippen molar-refractivity contribution in [2.75, 3.05) is 19.3 Å². The van der Waals surface area contributed by atoms with Gasteiger partial charge in [0.25, 0.3) is 5.91 Å². The molecule has 0 spiro atoms. The van der Waals surface area contributed by atoms with E-state index in [9.17, 15) is 14.7 Å². The average Bonchev–Trinajstić information content (AvgIpc) is 2.54. The zero-order valence-electron chi connectivity index (χ0n) is 12.3. The number of hydrogen-bond donors (Lipinski definition) is 1. The van der Waals surface area contributed by atoms with Crippen LogP contribution in [0.1, 0.15) is 36.5 Å². The molecule has 0 bridgehead atoms. The predicted molar refractivity (Wildman–Crippen MR) is 81.5 cm³/mol. The van der Waals surface area contributed by atoms with Crippen LogP contribution in [0.15, 0.2) is 23.4 Å². The summed E-state index contributed by atoms with van der Waals surface area (Å²) in [6.45, 7) is 2.88. The lowest BCUT2D eigenvalue weighted by atomic mass is 9.76. The minimum absolute atomic E-state index is 0.0532. The number of amides is 1. The van der Waals surface area contributed by atoms with Crippen LogP contribution in [0.4, 0.5) is 0 Å². The normalized spacial score (nSPS) is 17.5. The fourth-order valence-corrected chi connectivity index (χ4v) is 3.28. The third-order valence-electron chi connectivity index (χ3n) is 4.33. The Hall–Kier alpha value is -1.56. The first kappa shape index (κ1) is 15.8. The lowest BCUT2D eigenvalue weighted by molar-refractivity contribution is -0.152. The molecule has 0 atom stereocenters. The first-order chi connectivity index (χ1) is 10.0. The number of aliphatic carboxylic acids is 1. The van der Waals surface area contributed by atoms with Crippen molar-refractivity contribution < 1.29 is 14.7 Å². The maximum atomic E-state index is 12.6. The number of nitrogens with zero attached hydrogens (tertiary/aromatic N) is 2. The molecule has 1 aliphatic heterocycles. The summed E-state index contributed by atoms with van der Waals surface area (Å²) in [5, 5.41) is 10.1. The van der Waals surface area contributed by atoms with Gasteiger partial charge in [0.05, 0.1) is 11.0 Å². The van der Waals surface area contributed by atoms with Gasteiger partial charge >= 0.3 is 5.97 Å². The molecule has 0 radical (unpaired) electrons. The number of likely N-dealkylation sites (tertiary alicyclic amines) is 1. The first-order valence-electron chi connectivity index (χ1n) is 7.06. The van der Waals surface area contributed by atoms with E-state index < -0.39 is 11.4 Å². The van der Waals surface area contributed by atoms with E-state index in [4.69, 9.17) is 0 Å². The molecule has 6 heteroatoms. The number of pyridine rings is 1. The highest BCUT2D eigenvalue weighted by Crippen LogP contribution is 2.35. The van der Waals surface area contributed by atoms with E-state index in [0.717, 1.165) is 0 Å². The topological polar surface area (TPSA) is 70.5 Å². The lowest BCUT2D eigenvalue weighted by Gasteiger charge is -2.38. The summed E-state index contributed by atoms with van der Waals surface area (Å²) in [7, 11) is 0. The third-order valence-corrected chi connectivity index (χ3v) is 5.05. The highest BCUT2D eigenvalue weighted by atomic mass is 32.2. The van der Waals surface area contributed by atoms with Crippen molar-refractivity contribution in [3.63, 3.8) is 0 Å². The Balaban J connectivity index is 2.12. The monoisotopic (exact) mass is 308 g/mol. The van der Waals surface area contributed by atoms with Gasteiger partial charge in [-0.15, -0.1) is 11.8 Å². The summed E-state index contributed by atoms with van der Waals surface area (Å²) < 4.78 is 0. The molecule has 1 aromatic rings. The van der Waals surface area contributed by atoms with Crippen molar-refractivity contribution in [1.29, 1.82) is 0 Å². The molecule has 5 nitrogen and oxygen atoms in total. The van der Waals surface area contributed by atoms with Crippen LogP contribution in [0.3, 0.4) is 0 Å². The highest BCUT2D eigenvalue weighted by Gasteiger charge is 2.41. The Morgan fingerprint density at radius 1 is 1.43 bits per heavy atom. The Labute approximate surface area is 128 Å². The summed E-state index contributed by atoms with van der Waals surface area (Å²) in [6.07, 6.45) is 5.19. The van der Waals surface area contributed by atoms with Crippen LogP contribution in [-0.2, 0) is 4.79 Å². The van der Waals surface area contributed by atoms with E-state index in [1.807, 2.05) is 13.2 Å².